The lowest BCUT2D eigenvalue weighted by Crippen LogP contribution is -2.24. The van der Waals surface area contributed by atoms with E-state index >= 15 is 0 Å². The topological polar surface area (TPSA) is 27.7 Å². The molecular formula is C27H31O3P. The molecule has 0 aliphatic carbocycles. The first kappa shape index (κ1) is 22.0. The second-order valence-corrected chi connectivity index (χ2v) is 10.2. The van der Waals surface area contributed by atoms with Gasteiger partial charge in [-0.15, -0.1) is 0 Å². The summed E-state index contributed by atoms with van der Waals surface area (Å²) < 4.78 is 17.8. The molecule has 3 nitrogen and oxygen atoms in total. The van der Waals surface area contributed by atoms with Gasteiger partial charge < -0.3 is 13.6 Å². The Morgan fingerprint density at radius 1 is 0.677 bits per heavy atom. The zero-order valence-corrected chi connectivity index (χ0v) is 19.7. The van der Waals surface area contributed by atoms with Crippen LogP contribution in [-0.2, 0) is 19.9 Å². The SMILES string of the molecule is CC(C)(c1ccccc1)c1ccc(OP2OCCCO2)c(C(C)(C)c2ccccc2)c1. The van der Waals surface area contributed by atoms with E-state index in [2.05, 4.69) is 107 Å². The summed E-state index contributed by atoms with van der Waals surface area (Å²) in [7, 11) is -1.36. The van der Waals surface area contributed by atoms with Crippen molar-refractivity contribution in [2.24, 2.45) is 0 Å². The molecule has 1 saturated heterocycles. The van der Waals surface area contributed by atoms with Crippen LogP contribution in [0.1, 0.15) is 56.4 Å². The van der Waals surface area contributed by atoms with Gasteiger partial charge in [0.25, 0.3) is 0 Å². The number of hydrogen-bond donors (Lipinski definition) is 0. The Hall–Kier alpha value is -2.19. The highest BCUT2D eigenvalue weighted by atomic mass is 31.2. The minimum Gasteiger partial charge on any atom is -0.426 e. The molecule has 162 valence electrons. The highest BCUT2D eigenvalue weighted by molar-refractivity contribution is 7.42. The van der Waals surface area contributed by atoms with Gasteiger partial charge in [-0.1, -0.05) is 100 Å². The molecular weight excluding hydrogens is 403 g/mol. The van der Waals surface area contributed by atoms with Crippen molar-refractivity contribution in [2.75, 3.05) is 13.2 Å². The summed E-state index contributed by atoms with van der Waals surface area (Å²) in [6.07, 6.45) is 0.911. The predicted molar refractivity (Wildman–Crippen MR) is 128 cm³/mol. The Bertz CT molecular complexity index is 994. The summed E-state index contributed by atoms with van der Waals surface area (Å²) in [6, 6.07) is 27.8. The molecule has 0 radical (unpaired) electrons. The first-order chi connectivity index (χ1) is 14.9. The quantitative estimate of drug-likeness (QED) is 0.379. The van der Waals surface area contributed by atoms with Crippen molar-refractivity contribution in [3.8, 4) is 5.75 Å². The summed E-state index contributed by atoms with van der Waals surface area (Å²) in [4.78, 5) is 0. The fraction of sp³-hybridized carbons (Fsp3) is 0.333. The van der Waals surface area contributed by atoms with E-state index in [4.69, 9.17) is 13.6 Å². The molecule has 0 spiro atoms. The van der Waals surface area contributed by atoms with Gasteiger partial charge in [0.05, 0.1) is 13.2 Å². The van der Waals surface area contributed by atoms with Gasteiger partial charge in [0.2, 0.25) is 0 Å². The Morgan fingerprint density at radius 3 is 1.81 bits per heavy atom. The van der Waals surface area contributed by atoms with Gasteiger partial charge in [-0.3, -0.25) is 0 Å². The molecule has 4 heteroatoms. The van der Waals surface area contributed by atoms with Crippen LogP contribution in [-0.4, -0.2) is 13.2 Å². The van der Waals surface area contributed by atoms with E-state index in [1.807, 2.05) is 0 Å². The molecule has 1 aliphatic heterocycles. The zero-order chi connectivity index (χ0) is 21.9. The molecule has 1 fully saturated rings. The summed E-state index contributed by atoms with van der Waals surface area (Å²) in [5.41, 5.74) is 4.54. The maximum absolute atomic E-state index is 6.29. The Labute approximate surface area is 187 Å². The predicted octanol–water partition coefficient (Wildman–Crippen LogP) is 7.38. The van der Waals surface area contributed by atoms with Crippen LogP contribution in [0.3, 0.4) is 0 Å². The monoisotopic (exact) mass is 434 g/mol. The summed E-state index contributed by atoms with van der Waals surface area (Å²) in [5, 5.41) is 0. The lowest BCUT2D eigenvalue weighted by molar-refractivity contribution is 0.147. The Kier molecular flexibility index (Phi) is 6.48. The van der Waals surface area contributed by atoms with E-state index in [1.54, 1.807) is 0 Å². The molecule has 1 heterocycles. The number of hydrogen-bond acceptors (Lipinski definition) is 3. The second-order valence-electron chi connectivity index (χ2n) is 9.03. The first-order valence-corrected chi connectivity index (χ1v) is 12.0. The van der Waals surface area contributed by atoms with Crippen molar-refractivity contribution in [2.45, 2.75) is 44.9 Å². The average Bonchev–Trinajstić information content (AvgIpc) is 2.81. The molecule has 0 bridgehead atoms. The summed E-state index contributed by atoms with van der Waals surface area (Å²) in [6.45, 7) is 10.4. The number of benzene rings is 3. The zero-order valence-electron chi connectivity index (χ0n) is 18.8. The first-order valence-electron chi connectivity index (χ1n) is 10.9. The molecule has 0 N–H and O–H groups in total. The van der Waals surface area contributed by atoms with E-state index in [9.17, 15) is 0 Å². The molecule has 0 amide bonds. The van der Waals surface area contributed by atoms with Crippen LogP contribution in [0.4, 0.5) is 0 Å². The average molecular weight is 435 g/mol. The molecule has 31 heavy (non-hydrogen) atoms. The second kappa shape index (κ2) is 9.12. The number of rotatable bonds is 6. The third-order valence-electron chi connectivity index (χ3n) is 6.22. The van der Waals surface area contributed by atoms with Crippen molar-refractivity contribution in [3.05, 3.63) is 101 Å². The fourth-order valence-electron chi connectivity index (χ4n) is 4.03. The van der Waals surface area contributed by atoms with Gasteiger partial charge in [-0.25, -0.2) is 0 Å². The third kappa shape index (κ3) is 4.70. The van der Waals surface area contributed by atoms with Crippen molar-refractivity contribution < 1.29 is 13.6 Å². The van der Waals surface area contributed by atoms with Gasteiger partial charge in [0, 0.05) is 16.4 Å². The smallest absolute Gasteiger partial charge is 0.397 e. The highest BCUT2D eigenvalue weighted by Gasteiger charge is 2.32. The van der Waals surface area contributed by atoms with Crippen LogP contribution in [0.25, 0.3) is 0 Å². The molecule has 3 aromatic carbocycles. The minimum atomic E-state index is -1.36. The molecule has 0 aromatic heterocycles. The maximum Gasteiger partial charge on any atom is 0.397 e. The van der Waals surface area contributed by atoms with Gasteiger partial charge in [-0.05, 0) is 29.2 Å². The van der Waals surface area contributed by atoms with Crippen molar-refractivity contribution in [1.82, 2.24) is 0 Å². The third-order valence-corrected chi connectivity index (χ3v) is 7.35. The van der Waals surface area contributed by atoms with Crippen molar-refractivity contribution >= 4 is 8.60 Å². The molecule has 3 aromatic rings. The van der Waals surface area contributed by atoms with Gasteiger partial charge in [-0.2, -0.15) is 0 Å². The van der Waals surface area contributed by atoms with Crippen LogP contribution in [0.5, 0.6) is 5.75 Å². The molecule has 4 rings (SSSR count). The van der Waals surface area contributed by atoms with Crippen LogP contribution in [0, 0.1) is 0 Å². The fourth-order valence-corrected chi connectivity index (χ4v) is 5.08. The van der Waals surface area contributed by atoms with E-state index in [0.717, 1.165) is 17.7 Å². The van der Waals surface area contributed by atoms with Gasteiger partial charge >= 0.3 is 8.60 Å². The maximum atomic E-state index is 6.29. The summed E-state index contributed by atoms with van der Waals surface area (Å²) >= 11 is 0. The highest BCUT2D eigenvalue weighted by Crippen LogP contribution is 2.48. The van der Waals surface area contributed by atoms with E-state index in [0.29, 0.717) is 13.2 Å². The molecule has 0 unspecified atom stereocenters. The van der Waals surface area contributed by atoms with Crippen LogP contribution in [0.15, 0.2) is 78.9 Å². The van der Waals surface area contributed by atoms with Crippen LogP contribution in [0.2, 0.25) is 0 Å². The molecule has 0 atom stereocenters. The Balaban J connectivity index is 1.79. The van der Waals surface area contributed by atoms with Crippen molar-refractivity contribution in [3.63, 3.8) is 0 Å². The normalized spacial score (nSPS) is 15.6. The van der Waals surface area contributed by atoms with E-state index in [1.165, 1.54) is 16.7 Å². The standard InChI is InChI=1S/C27H31O3P/c1-26(2,21-12-7-5-8-13-21)23-16-17-25(30-31-28-18-11-19-29-31)24(20-23)27(3,4)22-14-9-6-10-15-22/h5-10,12-17,20H,11,18-19H2,1-4H3. The molecule has 1 aliphatic rings. The van der Waals surface area contributed by atoms with Gasteiger partial charge in [0.15, 0.2) is 0 Å². The van der Waals surface area contributed by atoms with Crippen LogP contribution >= 0.6 is 8.60 Å². The lowest BCUT2D eigenvalue weighted by atomic mass is 9.73. The van der Waals surface area contributed by atoms with Crippen molar-refractivity contribution in [1.29, 1.82) is 0 Å². The van der Waals surface area contributed by atoms with Crippen LogP contribution < -0.4 is 4.52 Å². The van der Waals surface area contributed by atoms with E-state index < -0.39 is 8.60 Å². The minimum absolute atomic E-state index is 0.134. The van der Waals surface area contributed by atoms with Gasteiger partial charge in [0.1, 0.15) is 5.75 Å². The lowest BCUT2D eigenvalue weighted by Gasteiger charge is -2.33. The summed E-state index contributed by atoms with van der Waals surface area (Å²) in [5.74, 6) is 0.828. The largest absolute Gasteiger partial charge is 0.426 e. The van der Waals surface area contributed by atoms with E-state index in [-0.39, 0.29) is 10.8 Å². The molecule has 0 saturated carbocycles. The Morgan fingerprint density at radius 2 is 1.23 bits per heavy atom.